The maximum Gasteiger partial charge on any atom is 0.251 e. The highest BCUT2D eigenvalue weighted by Crippen LogP contribution is 2.14. The second kappa shape index (κ2) is 8.20. The van der Waals surface area contributed by atoms with Gasteiger partial charge in [0.15, 0.2) is 0 Å². The van der Waals surface area contributed by atoms with Crippen molar-refractivity contribution in [2.75, 3.05) is 27.2 Å². The van der Waals surface area contributed by atoms with Crippen molar-refractivity contribution < 1.29 is 9.53 Å². The van der Waals surface area contributed by atoms with E-state index in [1.807, 2.05) is 61.5 Å². The predicted molar refractivity (Wildman–Crippen MR) is 88.1 cm³/mol. The summed E-state index contributed by atoms with van der Waals surface area (Å²) in [5.41, 5.74) is 1.76. The zero-order valence-electron chi connectivity index (χ0n) is 13.1. The highest BCUT2D eigenvalue weighted by Gasteiger charge is 2.05. The van der Waals surface area contributed by atoms with Crippen LogP contribution >= 0.6 is 0 Å². The number of likely N-dealkylation sites (N-methyl/N-ethyl adjacent to an activating group) is 1. The summed E-state index contributed by atoms with van der Waals surface area (Å²) < 4.78 is 5.70. The second-order valence-corrected chi connectivity index (χ2v) is 5.36. The zero-order valence-corrected chi connectivity index (χ0v) is 13.1. The van der Waals surface area contributed by atoms with Crippen LogP contribution in [-0.2, 0) is 6.61 Å². The first-order chi connectivity index (χ1) is 10.6. The molecule has 0 unspecified atom stereocenters. The van der Waals surface area contributed by atoms with Crippen LogP contribution in [0, 0.1) is 0 Å². The maximum atomic E-state index is 11.9. The van der Waals surface area contributed by atoms with E-state index in [4.69, 9.17) is 4.74 Å². The molecule has 4 heteroatoms. The number of ether oxygens (including phenoxy) is 1. The summed E-state index contributed by atoms with van der Waals surface area (Å²) in [4.78, 5) is 14.0. The zero-order chi connectivity index (χ0) is 15.8. The lowest BCUT2D eigenvalue weighted by Gasteiger charge is -2.11. The van der Waals surface area contributed by atoms with Crippen LogP contribution in [0.15, 0.2) is 54.6 Å². The molecule has 0 spiro atoms. The number of hydrogen-bond acceptors (Lipinski definition) is 3. The third-order valence-electron chi connectivity index (χ3n) is 3.21. The van der Waals surface area contributed by atoms with Crippen LogP contribution in [-0.4, -0.2) is 38.0 Å². The van der Waals surface area contributed by atoms with Crippen LogP contribution < -0.4 is 10.1 Å². The monoisotopic (exact) mass is 298 g/mol. The highest BCUT2D eigenvalue weighted by atomic mass is 16.5. The van der Waals surface area contributed by atoms with Crippen molar-refractivity contribution in [2.45, 2.75) is 6.61 Å². The molecule has 22 heavy (non-hydrogen) atoms. The van der Waals surface area contributed by atoms with Gasteiger partial charge in [-0.05, 0) is 43.9 Å². The average Bonchev–Trinajstić information content (AvgIpc) is 2.54. The standard InChI is InChI=1S/C18H22N2O2/c1-20(2)13-12-19-18(21)16-8-10-17(11-9-16)22-14-15-6-4-3-5-7-15/h3-11H,12-14H2,1-2H3,(H,19,21). The topological polar surface area (TPSA) is 41.6 Å². The SMILES string of the molecule is CN(C)CCNC(=O)c1ccc(OCc2ccccc2)cc1. The Morgan fingerprint density at radius 2 is 1.73 bits per heavy atom. The number of nitrogens with zero attached hydrogens (tertiary/aromatic N) is 1. The lowest BCUT2D eigenvalue weighted by molar-refractivity contribution is 0.0951. The Balaban J connectivity index is 1.83. The number of amides is 1. The van der Waals surface area contributed by atoms with Crippen LogP contribution in [0.4, 0.5) is 0 Å². The first-order valence-corrected chi connectivity index (χ1v) is 7.35. The Morgan fingerprint density at radius 3 is 2.36 bits per heavy atom. The first-order valence-electron chi connectivity index (χ1n) is 7.35. The maximum absolute atomic E-state index is 11.9. The number of nitrogens with one attached hydrogen (secondary N) is 1. The van der Waals surface area contributed by atoms with Gasteiger partial charge in [0.1, 0.15) is 12.4 Å². The van der Waals surface area contributed by atoms with Crippen LogP contribution in [0.1, 0.15) is 15.9 Å². The largest absolute Gasteiger partial charge is 0.489 e. The molecule has 4 nitrogen and oxygen atoms in total. The Labute approximate surface area is 131 Å². The molecule has 0 bridgehead atoms. The van der Waals surface area contributed by atoms with Gasteiger partial charge in [-0.25, -0.2) is 0 Å². The highest BCUT2D eigenvalue weighted by molar-refractivity contribution is 5.94. The van der Waals surface area contributed by atoms with Gasteiger partial charge in [-0.15, -0.1) is 0 Å². The van der Waals surface area contributed by atoms with E-state index in [9.17, 15) is 4.79 Å². The summed E-state index contributed by atoms with van der Waals surface area (Å²) in [5, 5.41) is 2.89. The molecule has 0 aliphatic heterocycles. The molecule has 2 aromatic carbocycles. The van der Waals surface area contributed by atoms with Crippen molar-refractivity contribution in [3.63, 3.8) is 0 Å². The molecular formula is C18H22N2O2. The average molecular weight is 298 g/mol. The van der Waals surface area contributed by atoms with Crippen molar-refractivity contribution in [3.05, 3.63) is 65.7 Å². The summed E-state index contributed by atoms with van der Waals surface area (Å²) >= 11 is 0. The molecular weight excluding hydrogens is 276 g/mol. The van der Waals surface area contributed by atoms with E-state index in [-0.39, 0.29) is 5.91 Å². The summed E-state index contributed by atoms with van der Waals surface area (Å²) in [6, 6.07) is 17.2. The number of benzene rings is 2. The molecule has 1 amide bonds. The van der Waals surface area contributed by atoms with Gasteiger partial charge in [-0.1, -0.05) is 30.3 Å². The van der Waals surface area contributed by atoms with Crippen molar-refractivity contribution >= 4 is 5.91 Å². The quantitative estimate of drug-likeness (QED) is 0.854. The minimum atomic E-state index is -0.0588. The van der Waals surface area contributed by atoms with Crippen molar-refractivity contribution in [3.8, 4) is 5.75 Å². The third kappa shape index (κ3) is 5.22. The van der Waals surface area contributed by atoms with Gasteiger partial charge in [0, 0.05) is 18.7 Å². The van der Waals surface area contributed by atoms with E-state index in [1.165, 1.54) is 0 Å². The van der Waals surface area contributed by atoms with Gasteiger partial charge in [0.05, 0.1) is 0 Å². The summed E-state index contributed by atoms with van der Waals surface area (Å²) in [6.45, 7) is 1.98. The second-order valence-electron chi connectivity index (χ2n) is 5.36. The minimum absolute atomic E-state index is 0.0588. The number of carbonyl (C=O) groups excluding carboxylic acids is 1. The smallest absolute Gasteiger partial charge is 0.251 e. The Hall–Kier alpha value is -2.33. The van der Waals surface area contributed by atoms with Gasteiger partial charge in [-0.3, -0.25) is 4.79 Å². The van der Waals surface area contributed by atoms with Gasteiger partial charge >= 0.3 is 0 Å². The van der Waals surface area contributed by atoms with Crippen LogP contribution in [0.2, 0.25) is 0 Å². The van der Waals surface area contributed by atoms with Gasteiger partial charge in [-0.2, -0.15) is 0 Å². The molecule has 0 aliphatic rings. The number of carbonyl (C=O) groups is 1. The van der Waals surface area contributed by atoms with E-state index in [2.05, 4.69) is 5.32 Å². The normalized spacial score (nSPS) is 10.5. The molecule has 0 radical (unpaired) electrons. The van der Waals surface area contributed by atoms with Gasteiger partial charge < -0.3 is 15.0 Å². The third-order valence-corrected chi connectivity index (χ3v) is 3.21. The van der Waals surface area contributed by atoms with Gasteiger partial charge in [0.25, 0.3) is 5.91 Å². The fourth-order valence-corrected chi connectivity index (χ4v) is 1.94. The first kappa shape index (κ1) is 16.0. The summed E-state index contributed by atoms with van der Waals surface area (Å²) in [5.74, 6) is 0.699. The minimum Gasteiger partial charge on any atom is -0.489 e. The fourth-order valence-electron chi connectivity index (χ4n) is 1.94. The lowest BCUT2D eigenvalue weighted by Crippen LogP contribution is -2.31. The summed E-state index contributed by atoms with van der Waals surface area (Å²) in [7, 11) is 3.95. The van der Waals surface area contributed by atoms with Crippen molar-refractivity contribution in [2.24, 2.45) is 0 Å². The molecule has 0 saturated carbocycles. The lowest BCUT2D eigenvalue weighted by atomic mass is 10.2. The Morgan fingerprint density at radius 1 is 1.05 bits per heavy atom. The molecule has 0 heterocycles. The van der Waals surface area contributed by atoms with E-state index in [1.54, 1.807) is 12.1 Å². The van der Waals surface area contributed by atoms with Crippen LogP contribution in [0.3, 0.4) is 0 Å². The summed E-state index contributed by atoms with van der Waals surface area (Å²) in [6.07, 6.45) is 0. The molecule has 0 atom stereocenters. The van der Waals surface area contributed by atoms with Gasteiger partial charge in [0.2, 0.25) is 0 Å². The van der Waals surface area contributed by atoms with E-state index in [0.29, 0.717) is 18.7 Å². The van der Waals surface area contributed by atoms with E-state index < -0.39 is 0 Å². The number of rotatable bonds is 7. The Bertz CT molecular complexity index is 580. The fraction of sp³-hybridized carbons (Fsp3) is 0.278. The molecule has 116 valence electrons. The van der Waals surface area contributed by atoms with Crippen LogP contribution in [0.5, 0.6) is 5.75 Å². The molecule has 0 aliphatic carbocycles. The van der Waals surface area contributed by atoms with E-state index >= 15 is 0 Å². The van der Waals surface area contributed by atoms with Crippen molar-refractivity contribution in [1.29, 1.82) is 0 Å². The molecule has 0 saturated heterocycles. The molecule has 1 N–H and O–H groups in total. The number of hydrogen-bond donors (Lipinski definition) is 1. The predicted octanol–water partition coefficient (Wildman–Crippen LogP) is 2.56. The molecule has 0 fully saturated rings. The van der Waals surface area contributed by atoms with Crippen molar-refractivity contribution in [1.82, 2.24) is 10.2 Å². The Kier molecular flexibility index (Phi) is 5.98. The molecule has 2 aromatic rings. The molecule has 2 rings (SSSR count). The van der Waals surface area contributed by atoms with Crippen LogP contribution in [0.25, 0.3) is 0 Å². The van der Waals surface area contributed by atoms with E-state index in [0.717, 1.165) is 17.9 Å². The molecule has 0 aromatic heterocycles.